The molecule has 0 atom stereocenters. The van der Waals surface area contributed by atoms with Crippen molar-refractivity contribution in [2.45, 2.75) is 50.7 Å². The van der Waals surface area contributed by atoms with E-state index < -0.39 is 0 Å². The molecular weight excluding hydrogens is 390 g/mol. The molecule has 0 spiro atoms. The molecule has 0 aromatic heterocycles. The molecule has 0 aromatic rings. The number of quaternary nitrogens is 2. The Kier molecular flexibility index (Phi) is 8.60. The van der Waals surface area contributed by atoms with Gasteiger partial charge in [0.2, 0.25) is 17.7 Å². The lowest BCUT2D eigenvalue weighted by molar-refractivity contribution is -1.02. The maximum absolute atomic E-state index is 11.2. The number of rotatable bonds is 15. The van der Waals surface area contributed by atoms with Crippen LogP contribution in [0.4, 0.5) is 0 Å². The average molecular weight is 430 g/mol. The van der Waals surface area contributed by atoms with Crippen LogP contribution in [0, 0.1) is 5.92 Å². The fourth-order valence-electron chi connectivity index (χ4n) is 4.99. The fraction of sp³-hybridized carbons (Fsp3) is 0.850. The quantitative estimate of drug-likeness (QED) is 0.185. The van der Waals surface area contributed by atoms with E-state index in [1.807, 2.05) is 0 Å². The molecule has 2 rings (SSSR count). The van der Waals surface area contributed by atoms with Gasteiger partial charge in [0.1, 0.15) is 39.3 Å². The molecule has 0 aromatic carbocycles. The summed E-state index contributed by atoms with van der Waals surface area (Å²) in [7, 11) is 0. The molecule has 3 amide bonds. The maximum atomic E-state index is 11.2. The molecule has 0 saturated carbocycles. The molecule has 0 bridgehead atoms. The van der Waals surface area contributed by atoms with E-state index in [2.05, 4.69) is 0 Å². The highest BCUT2D eigenvalue weighted by atomic mass is 16.3. The summed E-state index contributed by atoms with van der Waals surface area (Å²) < 4.78 is 1.46. The van der Waals surface area contributed by atoms with Crippen LogP contribution in [-0.2, 0) is 14.4 Å². The van der Waals surface area contributed by atoms with Gasteiger partial charge in [-0.25, -0.2) is 0 Å². The third-order valence-electron chi connectivity index (χ3n) is 6.88. The third kappa shape index (κ3) is 7.50. The minimum atomic E-state index is -0.348. The summed E-state index contributed by atoms with van der Waals surface area (Å²) in [5.41, 5.74) is 15.9. The van der Waals surface area contributed by atoms with E-state index >= 15 is 0 Å². The highest BCUT2D eigenvalue weighted by molar-refractivity contribution is 5.74. The largest absolute Gasteiger partial charge is 0.382 e. The summed E-state index contributed by atoms with van der Waals surface area (Å²) in [5, 5.41) is 19.8. The van der Waals surface area contributed by atoms with Gasteiger partial charge >= 0.3 is 0 Å². The van der Waals surface area contributed by atoms with Crippen molar-refractivity contribution in [3.8, 4) is 0 Å². The number of carbonyl (C=O) groups is 3. The Balaban J connectivity index is 1.92. The summed E-state index contributed by atoms with van der Waals surface area (Å²) >= 11 is 0. The zero-order valence-electron chi connectivity index (χ0n) is 17.9. The number of nitrogens with two attached hydrogens (primary N) is 3. The predicted octanol–water partition coefficient (Wildman–Crippen LogP) is -2.22. The van der Waals surface area contributed by atoms with Gasteiger partial charge in [-0.3, -0.25) is 14.4 Å². The van der Waals surface area contributed by atoms with Crippen LogP contribution >= 0.6 is 0 Å². The molecular formula is C20H39N5O5+2. The van der Waals surface area contributed by atoms with E-state index in [0.29, 0.717) is 56.5 Å². The van der Waals surface area contributed by atoms with E-state index in [1.54, 1.807) is 0 Å². The minimum Gasteiger partial charge on any atom is -0.382 e. The topological polar surface area (TPSA) is 170 Å². The van der Waals surface area contributed by atoms with Gasteiger partial charge in [-0.1, -0.05) is 0 Å². The molecule has 2 saturated heterocycles. The van der Waals surface area contributed by atoms with Crippen LogP contribution in [0.5, 0.6) is 0 Å². The normalized spacial score (nSPS) is 30.5. The summed E-state index contributed by atoms with van der Waals surface area (Å²) in [6.45, 7) is 5.77. The van der Waals surface area contributed by atoms with E-state index in [0.717, 1.165) is 30.5 Å². The Morgan fingerprint density at radius 3 is 1.43 bits per heavy atom. The molecule has 2 aliphatic heterocycles. The van der Waals surface area contributed by atoms with Crippen molar-refractivity contribution in [1.29, 1.82) is 0 Å². The monoisotopic (exact) mass is 429 g/mol. The van der Waals surface area contributed by atoms with Gasteiger partial charge in [0.25, 0.3) is 0 Å². The van der Waals surface area contributed by atoms with Crippen LogP contribution < -0.4 is 17.2 Å². The molecule has 2 heterocycles. The number of primary amides is 3. The summed E-state index contributed by atoms with van der Waals surface area (Å²) in [5.74, 6) is -0.843. The average Bonchev–Trinajstić information content (AvgIpc) is 2.60. The molecule has 10 nitrogen and oxygen atoms in total. The van der Waals surface area contributed by atoms with Crippen molar-refractivity contribution in [3.63, 3.8) is 0 Å². The highest BCUT2D eigenvalue weighted by Gasteiger charge is 2.48. The number of amides is 3. The van der Waals surface area contributed by atoms with Gasteiger partial charge < -0.3 is 36.4 Å². The Labute approximate surface area is 178 Å². The van der Waals surface area contributed by atoms with E-state index in [4.69, 9.17) is 17.2 Å². The first kappa shape index (κ1) is 24.5. The second-order valence-corrected chi connectivity index (χ2v) is 9.50. The third-order valence-corrected chi connectivity index (χ3v) is 6.88. The molecule has 0 radical (unpaired) electrons. The number of likely N-dealkylation sites (tertiary alicyclic amines) is 2. The van der Waals surface area contributed by atoms with Crippen molar-refractivity contribution in [3.05, 3.63) is 0 Å². The molecule has 8 N–H and O–H groups in total. The molecule has 2 fully saturated rings. The van der Waals surface area contributed by atoms with Crippen molar-refractivity contribution >= 4 is 17.7 Å². The van der Waals surface area contributed by atoms with Gasteiger partial charge in [0.05, 0.1) is 19.5 Å². The Hall–Kier alpha value is -1.75. The molecule has 10 heteroatoms. The van der Waals surface area contributed by atoms with Gasteiger partial charge in [-0.15, -0.1) is 0 Å². The Morgan fingerprint density at radius 1 is 0.667 bits per heavy atom. The first-order chi connectivity index (χ1) is 14.0. The van der Waals surface area contributed by atoms with Gasteiger partial charge in [-0.05, 0) is 25.2 Å². The number of carbonyl (C=O) groups excluding carboxylic acids is 3. The highest BCUT2D eigenvalue weighted by Crippen LogP contribution is 2.28. The number of nitrogens with zero attached hydrogens (tertiary/aromatic N) is 2. The van der Waals surface area contributed by atoms with Crippen LogP contribution in [0.3, 0.4) is 0 Å². The molecule has 2 aliphatic rings. The van der Waals surface area contributed by atoms with E-state index in [1.165, 1.54) is 0 Å². The summed E-state index contributed by atoms with van der Waals surface area (Å²) in [4.78, 5) is 33.6. The summed E-state index contributed by atoms with van der Waals surface area (Å²) in [6.07, 6.45) is 2.33. The number of hydrogen-bond donors (Lipinski definition) is 5. The van der Waals surface area contributed by atoms with Gasteiger partial charge in [-0.2, -0.15) is 0 Å². The van der Waals surface area contributed by atoms with Crippen LogP contribution in [-0.4, -0.2) is 101 Å². The molecule has 172 valence electrons. The maximum Gasteiger partial charge on any atom is 0.223 e. The van der Waals surface area contributed by atoms with E-state index in [-0.39, 0.29) is 48.7 Å². The van der Waals surface area contributed by atoms with Crippen molar-refractivity contribution in [1.82, 2.24) is 0 Å². The first-order valence-corrected chi connectivity index (χ1v) is 10.9. The Bertz CT molecular complexity index is 599. The minimum absolute atomic E-state index is 0.182. The van der Waals surface area contributed by atoms with Crippen molar-refractivity contribution < 1.29 is 33.6 Å². The number of aliphatic hydroxyl groups excluding tert-OH is 2. The number of aliphatic hydroxyl groups is 2. The lowest BCUT2D eigenvalue weighted by Crippen LogP contribution is -2.73. The van der Waals surface area contributed by atoms with Crippen molar-refractivity contribution in [2.75, 3.05) is 52.4 Å². The SMILES string of the molecule is NC(=O)CCC(CCC(N)=O)CC[N+]1(CC[N+]2(CCC(N)=O)CC(O)C2)CC(O)C1. The lowest BCUT2D eigenvalue weighted by Gasteiger charge is -2.53. The number of hydrogen-bond acceptors (Lipinski definition) is 5. The molecule has 0 unspecified atom stereocenters. The van der Waals surface area contributed by atoms with Crippen LogP contribution in [0.1, 0.15) is 38.5 Å². The van der Waals surface area contributed by atoms with E-state index in [9.17, 15) is 24.6 Å². The zero-order chi connectivity index (χ0) is 22.4. The zero-order valence-corrected chi connectivity index (χ0v) is 17.9. The Morgan fingerprint density at radius 2 is 1.07 bits per heavy atom. The molecule has 0 aliphatic carbocycles. The summed E-state index contributed by atoms with van der Waals surface area (Å²) in [6, 6.07) is 0. The predicted molar refractivity (Wildman–Crippen MR) is 110 cm³/mol. The lowest BCUT2D eigenvalue weighted by atomic mass is 9.91. The fourth-order valence-corrected chi connectivity index (χ4v) is 4.99. The van der Waals surface area contributed by atoms with Crippen LogP contribution in [0.15, 0.2) is 0 Å². The van der Waals surface area contributed by atoms with Crippen LogP contribution in [0.25, 0.3) is 0 Å². The second kappa shape index (κ2) is 10.5. The molecule has 30 heavy (non-hydrogen) atoms. The van der Waals surface area contributed by atoms with Gasteiger partial charge in [0, 0.05) is 12.8 Å². The standard InChI is InChI=1S/C20H37N5O5/c21-18(28)3-1-15(2-4-19(22)29)5-7-24(11-16(26)12-24)9-10-25(8-6-20(23)30)13-17(27)14-25/h15-17,26-27H,1-14H2,(H4-2,21,22,23,28,29,30)/p+2. The first-order valence-electron chi connectivity index (χ1n) is 10.9. The second-order valence-electron chi connectivity index (χ2n) is 9.50. The van der Waals surface area contributed by atoms with Gasteiger partial charge in [0.15, 0.2) is 12.2 Å². The van der Waals surface area contributed by atoms with Crippen LogP contribution in [0.2, 0.25) is 0 Å². The smallest absolute Gasteiger partial charge is 0.223 e. The van der Waals surface area contributed by atoms with Crippen molar-refractivity contribution in [2.24, 2.45) is 23.1 Å².